The Bertz CT molecular complexity index is 960. The molecule has 0 aliphatic rings. The molecule has 3 rings (SSSR count). The van der Waals surface area contributed by atoms with Gasteiger partial charge in [0.25, 0.3) is 5.91 Å². The Morgan fingerprint density at radius 3 is 2.55 bits per heavy atom. The van der Waals surface area contributed by atoms with E-state index in [0.717, 1.165) is 34.3 Å². The first-order valence-corrected chi connectivity index (χ1v) is 11.5. The number of likely N-dealkylation sites (N-methyl/N-ethyl adjacent to an activating group) is 1. The molecular formula is C21H23BrClN3O2S. The summed E-state index contributed by atoms with van der Waals surface area (Å²) >= 11 is 10.9. The van der Waals surface area contributed by atoms with Crippen molar-refractivity contribution in [1.82, 2.24) is 9.88 Å². The average molecular weight is 497 g/mol. The number of rotatable bonds is 9. The number of anilines is 1. The lowest BCUT2D eigenvalue weighted by Crippen LogP contribution is -2.41. The van der Waals surface area contributed by atoms with Gasteiger partial charge < -0.3 is 9.64 Å². The number of hydrogen-bond donors (Lipinski definition) is 0. The molecule has 2 aromatic carbocycles. The Labute approximate surface area is 188 Å². The van der Waals surface area contributed by atoms with E-state index in [0.29, 0.717) is 22.4 Å². The van der Waals surface area contributed by atoms with E-state index in [9.17, 15) is 4.79 Å². The Balaban J connectivity index is 1.78. The van der Waals surface area contributed by atoms with Gasteiger partial charge in [0.1, 0.15) is 5.75 Å². The summed E-state index contributed by atoms with van der Waals surface area (Å²) in [4.78, 5) is 21.7. The summed E-state index contributed by atoms with van der Waals surface area (Å²) < 4.78 is 7.71. The van der Waals surface area contributed by atoms with Gasteiger partial charge in [-0.1, -0.05) is 52.7 Å². The van der Waals surface area contributed by atoms with Crippen LogP contribution in [-0.4, -0.2) is 48.6 Å². The van der Waals surface area contributed by atoms with Crippen molar-refractivity contribution in [3.63, 3.8) is 0 Å². The van der Waals surface area contributed by atoms with E-state index in [1.807, 2.05) is 18.2 Å². The number of ether oxygens (including phenoxy) is 1. The molecule has 1 heterocycles. The molecule has 5 nitrogen and oxygen atoms in total. The van der Waals surface area contributed by atoms with Gasteiger partial charge in [0.05, 0.1) is 10.2 Å². The first-order valence-electron chi connectivity index (χ1n) is 9.47. The fourth-order valence-corrected chi connectivity index (χ4v) is 4.55. The van der Waals surface area contributed by atoms with Gasteiger partial charge >= 0.3 is 0 Å². The van der Waals surface area contributed by atoms with Crippen molar-refractivity contribution in [2.24, 2.45) is 0 Å². The predicted octanol–water partition coefficient (Wildman–Crippen LogP) is 5.47. The Morgan fingerprint density at radius 1 is 1.14 bits per heavy atom. The standard InChI is InChI=1S/C21H23BrClN3O2S/c1-3-25(4-2)11-12-26(20(27)14-28-17-8-6-16(23)7-9-17)21-24-18-10-5-15(22)13-19(18)29-21/h5-10,13H,3-4,11-12,14H2,1-2H3. The second kappa shape index (κ2) is 10.4. The molecule has 29 heavy (non-hydrogen) atoms. The summed E-state index contributed by atoms with van der Waals surface area (Å²) in [6.07, 6.45) is 0. The fraction of sp³-hybridized carbons (Fsp3) is 0.333. The number of hydrogen-bond acceptors (Lipinski definition) is 5. The molecule has 0 radical (unpaired) electrons. The van der Waals surface area contributed by atoms with Gasteiger partial charge in [-0.2, -0.15) is 0 Å². The summed E-state index contributed by atoms with van der Waals surface area (Å²) in [5.74, 6) is 0.491. The molecule has 0 aliphatic heterocycles. The zero-order chi connectivity index (χ0) is 20.8. The fourth-order valence-electron chi connectivity index (χ4n) is 2.86. The summed E-state index contributed by atoms with van der Waals surface area (Å²) in [5.41, 5.74) is 0.882. The Hall–Kier alpha value is -1.67. The quantitative estimate of drug-likeness (QED) is 0.394. The van der Waals surface area contributed by atoms with Crippen molar-refractivity contribution >= 4 is 60.1 Å². The first-order chi connectivity index (χ1) is 14.0. The molecule has 3 aromatic rings. The highest BCUT2D eigenvalue weighted by Gasteiger charge is 2.21. The molecule has 0 atom stereocenters. The van der Waals surface area contributed by atoms with Crippen molar-refractivity contribution in [2.75, 3.05) is 37.7 Å². The molecule has 0 spiro atoms. The number of thiazole rings is 1. The number of benzene rings is 2. The monoisotopic (exact) mass is 495 g/mol. The first kappa shape index (κ1) is 22.0. The number of nitrogens with zero attached hydrogens (tertiary/aromatic N) is 3. The van der Waals surface area contributed by atoms with Gasteiger partial charge in [-0.3, -0.25) is 9.69 Å². The van der Waals surface area contributed by atoms with E-state index in [4.69, 9.17) is 16.3 Å². The number of carbonyl (C=O) groups is 1. The largest absolute Gasteiger partial charge is 0.484 e. The molecule has 0 saturated heterocycles. The van der Waals surface area contributed by atoms with Crippen LogP contribution in [0.15, 0.2) is 46.9 Å². The van der Waals surface area contributed by atoms with Crippen LogP contribution in [0.1, 0.15) is 13.8 Å². The van der Waals surface area contributed by atoms with Crippen LogP contribution in [0.25, 0.3) is 10.2 Å². The van der Waals surface area contributed by atoms with E-state index >= 15 is 0 Å². The minimum atomic E-state index is -0.120. The van der Waals surface area contributed by atoms with Gasteiger partial charge in [-0.05, 0) is 55.6 Å². The van der Waals surface area contributed by atoms with Crippen molar-refractivity contribution in [3.8, 4) is 5.75 Å². The summed E-state index contributed by atoms with van der Waals surface area (Å²) in [5, 5.41) is 1.32. The van der Waals surface area contributed by atoms with Crippen LogP contribution >= 0.6 is 38.9 Å². The van der Waals surface area contributed by atoms with Crippen molar-refractivity contribution < 1.29 is 9.53 Å². The molecule has 1 amide bonds. The molecule has 0 saturated carbocycles. The van der Waals surface area contributed by atoms with Crippen LogP contribution in [0.2, 0.25) is 5.02 Å². The lowest BCUT2D eigenvalue weighted by atomic mass is 10.3. The van der Waals surface area contributed by atoms with Crippen LogP contribution in [0.4, 0.5) is 5.13 Å². The maximum absolute atomic E-state index is 13.0. The molecule has 8 heteroatoms. The molecular weight excluding hydrogens is 474 g/mol. The minimum absolute atomic E-state index is 0.0560. The highest BCUT2D eigenvalue weighted by atomic mass is 79.9. The summed E-state index contributed by atoms with van der Waals surface area (Å²) in [7, 11) is 0. The maximum atomic E-state index is 13.0. The van der Waals surface area contributed by atoms with E-state index in [1.54, 1.807) is 29.2 Å². The Morgan fingerprint density at radius 2 is 1.86 bits per heavy atom. The SMILES string of the molecule is CCN(CC)CCN(C(=O)COc1ccc(Cl)cc1)c1nc2ccc(Br)cc2s1. The average Bonchev–Trinajstić information content (AvgIpc) is 3.13. The van der Waals surface area contributed by atoms with Gasteiger partial charge in [-0.25, -0.2) is 4.98 Å². The molecule has 0 aliphatic carbocycles. The lowest BCUT2D eigenvalue weighted by molar-refractivity contribution is -0.120. The lowest BCUT2D eigenvalue weighted by Gasteiger charge is -2.24. The van der Waals surface area contributed by atoms with Crippen LogP contribution < -0.4 is 9.64 Å². The van der Waals surface area contributed by atoms with E-state index in [2.05, 4.69) is 39.7 Å². The summed E-state index contributed by atoms with van der Waals surface area (Å²) in [6, 6.07) is 12.9. The molecule has 0 bridgehead atoms. The zero-order valence-electron chi connectivity index (χ0n) is 16.4. The molecule has 0 fully saturated rings. The van der Waals surface area contributed by atoms with Crippen LogP contribution in [-0.2, 0) is 4.79 Å². The number of halogens is 2. The van der Waals surface area contributed by atoms with E-state index in [1.165, 1.54) is 11.3 Å². The number of amides is 1. The van der Waals surface area contributed by atoms with Gasteiger partial charge in [-0.15, -0.1) is 0 Å². The van der Waals surface area contributed by atoms with Crippen LogP contribution in [0.5, 0.6) is 5.75 Å². The third-order valence-corrected chi connectivity index (χ3v) is 6.37. The number of aromatic nitrogens is 1. The van der Waals surface area contributed by atoms with Crippen LogP contribution in [0.3, 0.4) is 0 Å². The van der Waals surface area contributed by atoms with Gasteiger partial charge in [0, 0.05) is 22.6 Å². The molecule has 0 N–H and O–H groups in total. The van der Waals surface area contributed by atoms with E-state index < -0.39 is 0 Å². The van der Waals surface area contributed by atoms with Crippen molar-refractivity contribution in [3.05, 3.63) is 52.0 Å². The second-order valence-electron chi connectivity index (χ2n) is 6.42. The molecule has 0 unspecified atom stereocenters. The number of fused-ring (bicyclic) bond motifs is 1. The Kier molecular flexibility index (Phi) is 7.89. The maximum Gasteiger partial charge on any atom is 0.266 e. The predicted molar refractivity (Wildman–Crippen MR) is 124 cm³/mol. The van der Waals surface area contributed by atoms with E-state index in [-0.39, 0.29) is 12.5 Å². The van der Waals surface area contributed by atoms with Crippen LogP contribution in [0, 0.1) is 0 Å². The second-order valence-corrected chi connectivity index (χ2v) is 8.78. The molecule has 154 valence electrons. The third-order valence-electron chi connectivity index (χ3n) is 4.58. The smallest absolute Gasteiger partial charge is 0.266 e. The summed E-state index contributed by atoms with van der Waals surface area (Å²) in [6.45, 7) is 7.40. The highest BCUT2D eigenvalue weighted by molar-refractivity contribution is 9.10. The topological polar surface area (TPSA) is 45.7 Å². The number of carbonyl (C=O) groups excluding carboxylic acids is 1. The van der Waals surface area contributed by atoms with Gasteiger partial charge in [0.2, 0.25) is 0 Å². The van der Waals surface area contributed by atoms with Crippen molar-refractivity contribution in [1.29, 1.82) is 0 Å². The minimum Gasteiger partial charge on any atom is -0.484 e. The normalized spacial score (nSPS) is 11.2. The third kappa shape index (κ3) is 5.92. The van der Waals surface area contributed by atoms with Gasteiger partial charge in [0.15, 0.2) is 11.7 Å². The zero-order valence-corrected chi connectivity index (χ0v) is 19.6. The highest BCUT2D eigenvalue weighted by Crippen LogP contribution is 2.31. The van der Waals surface area contributed by atoms with Crippen molar-refractivity contribution in [2.45, 2.75) is 13.8 Å². The molecule has 1 aromatic heterocycles.